The van der Waals surface area contributed by atoms with Crippen LogP contribution in [0.5, 0.6) is 5.75 Å². The smallest absolute Gasteiger partial charge is 0.124 e. The largest absolute Gasteiger partial charge is 0.493 e. The summed E-state index contributed by atoms with van der Waals surface area (Å²) < 4.78 is 5.49. The molecule has 1 heterocycles. The molecule has 0 fully saturated rings. The second-order valence-electron chi connectivity index (χ2n) is 3.30. The number of nitrogens with one attached hydrogen (secondary N) is 1. The maximum absolute atomic E-state index is 7.88. The van der Waals surface area contributed by atoms with E-state index >= 15 is 0 Å². The van der Waals surface area contributed by atoms with Crippen LogP contribution in [0.2, 0.25) is 0 Å². The molecule has 1 aliphatic heterocycles. The minimum Gasteiger partial charge on any atom is -0.493 e. The van der Waals surface area contributed by atoms with Crippen molar-refractivity contribution >= 4 is 0 Å². The number of para-hydroxylation sites is 1. The Bertz CT molecular complexity index is 285. The summed E-state index contributed by atoms with van der Waals surface area (Å²) in [4.78, 5) is 0. The molecule has 0 unspecified atom stereocenters. The van der Waals surface area contributed by atoms with Crippen molar-refractivity contribution in [1.29, 1.82) is 0 Å². The number of hydrogen-bond acceptors (Lipinski definition) is 1. The average molecular weight is 162 g/mol. The molecule has 0 spiro atoms. The van der Waals surface area contributed by atoms with Crippen LogP contribution in [0.15, 0.2) is 24.3 Å². The van der Waals surface area contributed by atoms with Gasteiger partial charge in [0.2, 0.25) is 0 Å². The summed E-state index contributed by atoms with van der Waals surface area (Å²) in [6.07, 6.45) is 0. The molecule has 2 heteroatoms. The Morgan fingerprint density at radius 3 is 3.00 bits per heavy atom. The zero-order valence-corrected chi connectivity index (χ0v) is 7.08. The molecule has 0 bridgehead atoms. The van der Waals surface area contributed by atoms with E-state index in [1.807, 2.05) is 31.2 Å². The molecule has 12 heavy (non-hydrogen) atoms. The van der Waals surface area contributed by atoms with Gasteiger partial charge >= 0.3 is 0 Å². The SMILES string of the molecule is C[C@@H]1COc2ccccc2[C@H]1[NH]. The molecule has 2 nitrogen and oxygen atoms in total. The highest BCUT2D eigenvalue weighted by atomic mass is 16.5. The van der Waals surface area contributed by atoms with Crippen LogP contribution in [-0.4, -0.2) is 6.61 Å². The number of ether oxygens (including phenoxy) is 1. The number of fused-ring (bicyclic) bond motifs is 1. The van der Waals surface area contributed by atoms with Gasteiger partial charge in [-0.1, -0.05) is 25.1 Å². The van der Waals surface area contributed by atoms with Crippen LogP contribution in [0, 0.1) is 5.92 Å². The Morgan fingerprint density at radius 1 is 1.42 bits per heavy atom. The molecule has 0 aromatic heterocycles. The summed E-state index contributed by atoms with van der Waals surface area (Å²) in [5.41, 5.74) is 8.90. The molecule has 0 aliphatic carbocycles. The van der Waals surface area contributed by atoms with E-state index in [0.717, 1.165) is 11.3 Å². The standard InChI is InChI=1S/C10H12NO/c1-7-6-12-9-5-3-2-4-8(9)10(7)11/h2-5,7,10-11H,6H2,1H3/t7-,10+/m1/s1. The molecule has 2 rings (SSSR count). The molecule has 1 aromatic rings. The minimum atomic E-state index is -0.116. The van der Waals surface area contributed by atoms with Gasteiger partial charge in [0.1, 0.15) is 5.75 Å². The third-order valence-electron chi connectivity index (χ3n) is 2.32. The Labute approximate surface area is 72.3 Å². The van der Waals surface area contributed by atoms with Crippen LogP contribution in [-0.2, 0) is 0 Å². The first-order chi connectivity index (χ1) is 5.79. The molecule has 63 valence electrons. The highest BCUT2D eigenvalue weighted by molar-refractivity contribution is 5.37. The van der Waals surface area contributed by atoms with E-state index in [1.165, 1.54) is 0 Å². The zero-order chi connectivity index (χ0) is 8.55. The highest BCUT2D eigenvalue weighted by Gasteiger charge is 2.24. The van der Waals surface area contributed by atoms with Gasteiger partial charge in [0, 0.05) is 11.5 Å². The van der Waals surface area contributed by atoms with Gasteiger partial charge in [-0.15, -0.1) is 0 Å². The maximum atomic E-state index is 7.88. The topological polar surface area (TPSA) is 33.0 Å². The summed E-state index contributed by atoms with van der Waals surface area (Å²) in [5, 5.41) is 0. The fourth-order valence-electron chi connectivity index (χ4n) is 1.49. The summed E-state index contributed by atoms with van der Waals surface area (Å²) in [6.45, 7) is 2.72. The van der Waals surface area contributed by atoms with Gasteiger partial charge in [-0.3, -0.25) is 0 Å². The molecular weight excluding hydrogens is 150 g/mol. The maximum Gasteiger partial charge on any atom is 0.124 e. The van der Waals surface area contributed by atoms with Crippen LogP contribution in [0.3, 0.4) is 0 Å². The minimum absolute atomic E-state index is 0.116. The monoisotopic (exact) mass is 162 g/mol. The Kier molecular flexibility index (Phi) is 1.77. The molecule has 1 aliphatic rings. The second-order valence-corrected chi connectivity index (χ2v) is 3.30. The van der Waals surface area contributed by atoms with E-state index < -0.39 is 0 Å². The average Bonchev–Trinajstić information content (AvgIpc) is 2.12. The molecule has 0 amide bonds. The lowest BCUT2D eigenvalue weighted by molar-refractivity contribution is 0.204. The highest BCUT2D eigenvalue weighted by Crippen LogP contribution is 2.33. The molecule has 1 radical (unpaired) electrons. The number of hydrogen-bond donors (Lipinski definition) is 0. The normalized spacial score (nSPS) is 27.5. The summed E-state index contributed by atoms with van der Waals surface area (Å²) in [6, 6.07) is 7.70. The van der Waals surface area contributed by atoms with Gasteiger partial charge in [0.05, 0.1) is 12.6 Å². The summed E-state index contributed by atoms with van der Waals surface area (Å²) in [5.74, 6) is 1.19. The van der Waals surface area contributed by atoms with E-state index in [4.69, 9.17) is 10.5 Å². The van der Waals surface area contributed by atoms with Crippen LogP contribution in [0.4, 0.5) is 0 Å². The fraction of sp³-hybridized carbons (Fsp3) is 0.400. The first kappa shape index (κ1) is 7.62. The molecule has 0 saturated carbocycles. The lowest BCUT2D eigenvalue weighted by Gasteiger charge is -2.27. The van der Waals surface area contributed by atoms with Crippen LogP contribution in [0.1, 0.15) is 18.5 Å². The van der Waals surface area contributed by atoms with Gasteiger partial charge < -0.3 is 4.74 Å². The molecule has 1 N–H and O–H groups in total. The molecule has 0 saturated heterocycles. The van der Waals surface area contributed by atoms with Crippen LogP contribution in [0.25, 0.3) is 0 Å². The summed E-state index contributed by atoms with van der Waals surface area (Å²) >= 11 is 0. The van der Waals surface area contributed by atoms with Gasteiger partial charge in [-0.2, -0.15) is 0 Å². The predicted octanol–water partition coefficient (Wildman–Crippen LogP) is 2.04. The van der Waals surface area contributed by atoms with E-state index in [-0.39, 0.29) is 6.04 Å². The van der Waals surface area contributed by atoms with Crippen molar-refractivity contribution in [3.63, 3.8) is 0 Å². The van der Waals surface area contributed by atoms with Crippen molar-refractivity contribution < 1.29 is 4.74 Å². The first-order valence-electron chi connectivity index (χ1n) is 4.22. The number of rotatable bonds is 0. The van der Waals surface area contributed by atoms with Gasteiger partial charge in [-0.25, -0.2) is 5.73 Å². The van der Waals surface area contributed by atoms with Crippen LogP contribution < -0.4 is 10.5 Å². The number of benzene rings is 1. The lowest BCUT2D eigenvalue weighted by Crippen LogP contribution is -2.24. The van der Waals surface area contributed by atoms with Crippen molar-refractivity contribution in [3.8, 4) is 5.75 Å². The Balaban J connectivity index is 2.42. The van der Waals surface area contributed by atoms with Crippen molar-refractivity contribution in [1.82, 2.24) is 5.73 Å². The Hall–Kier alpha value is -1.02. The van der Waals surface area contributed by atoms with Crippen LogP contribution >= 0.6 is 0 Å². The van der Waals surface area contributed by atoms with Crippen molar-refractivity contribution in [2.24, 2.45) is 5.92 Å². The summed E-state index contributed by atoms with van der Waals surface area (Å²) in [7, 11) is 0. The van der Waals surface area contributed by atoms with Crippen molar-refractivity contribution in [3.05, 3.63) is 29.8 Å². The Morgan fingerprint density at radius 2 is 2.17 bits per heavy atom. The molecule has 1 aromatic carbocycles. The van der Waals surface area contributed by atoms with Crippen molar-refractivity contribution in [2.45, 2.75) is 13.0 Å². The van der Waals surface area contributed by atoms with E-state index in [1.54, 1.807) is 0 Å². The zero-order valence-electron chi connectivity index (χ0n) is 7.08. The van der Waals surface area contributed by atoms with Gasteiger partial charge in [-0.05, 0) is 6.07 Å². The lowest BCUT2D eigenvalue weighted by atomic mass is 9.93. The fourth-order valence-corrected chi connectivity index (χ4v) is 1.49. The van der Waals surface area contributed by atoms with Crippen molar-refractivity contribution in [2.75, 3.05) is 6.61 Å². The predicted molar refractivity (Wildman–Crippen MR) is 46.9 cm³/mol. The third kappa shape index (κ3) is 1.08. The first-order valence-corrected chi connectivity index (χ1v) is 4.22. The van der Waals surface area contributed by atoms with Gasteiger partial charge in [0.25, 0.3) is 0 Å². The van der Waals surface area contributed by atoms with Gasteiger partial charge in [0.15, 0.2) is 0 Å². The molecular formula is C10H12NO. The quantitative estimate of drug-likeness (QED) is 0.574. The second kappa shape index (κ2) is 2.79. The van der Waals surface area contributed by atoms with E-state index in [2.05, 4.69) is 0 Å². The molecule has 2 atom stereocenters. The van der Waals surface area contributed by atoms with E-state index in [0.29, 0.717) is 12.5 Å². The third-order valence-corrected chi connectivity index (χ3v) is 2.32. The van der Waals surface area contributed by atoms with E-state index in [9.17, 15) is 0 Å².